The van der Waals surface area contributed by atoms with Gasteiger partial charge >= 0.3 is 5.97 Å². The number of nitrogens with one attached hydrogen (secondary N) is 1. The molecule has 0 aliphatic heterocycles. The normalized spacial score (nSPS) is 10.1. The number of halogens is 1. The SMILES string of the molecule is COc1cccc(Cl)c1CNc1ncccc1C(=O)O. The molecule has 0 atom stereocenters. The lowest BCUT2D eigenvalue weighted by molar-refractivity contribution is 0.0697. The average molecular weight is 293 g/mol. The highest BCUT2D eigenvalue weighted by Crippen LogP contribution is 2.27. The van der Waals surface area contributed by atoms with Crippen LogP contribution in [0.4, 0.5) is 5.82 Å². The van der Waals surface area contributed by atoms with E-state index in [9.17, 15) is 4.79 Å². The van der Waals surface area contributed by atoms with Crippen LogP contribution in [0, 0.1) is 0 Å². The number of benzene rings is 1. The molecule has 1 aromatic carbocycles. The molecule has 2 N–H and O–H groups in total. The third-order valence-corrected chi connectivity index (χ3v) is 3.12. The fraction of sp³-hybridized carbons (Fsp3) is 0.143. The summed E-state index contributed by atoms with van der Waals surface area (Å²) >= 11 is 6.12. The Kier molecular flexibility index (Phi) is 4.42. The summed E-state index contributed by atoms with van der Waals surface area (Å²) in [6, 6.07) is 8.39. The van der Waals surface area contributed by atoms with Crippen LogP contribution in [0.2, 0.25) is 5.02 Å². The first kappa shape index (κ1) is 14.1. The maximum Gasteiger partial charge on any atom is 0.339 e. The van der Waals surface area contributed by atoms with Crippen LogP contribution in [-0.4, -0.2) is 23.2 Å². The standard InChI is InChI=1S/C14H13ClN2O3/c1-20-12-6-2-5-11(15)10(12)8-17-13-9(14(18)19)4-3-7-16-13/h2-7H,8H2,1H3,(H,16,17)(H,18,19). The summed E-state index contributed by atoms with van der Waals surface area (Å²) in [5.74, 6) is -0.105. The topological polar surface area (TPSA) is 71.5 Å². The third-order valence-electron chi connectivity index (χ3n) is 2.77. The molecule has 0 aliphatic carbocycles. The molecular weight excluding hydrogens is 280 g/mol. The summed E-state index contributed by atoms with van der Waals surface area (Å²) in [7, 11) is 1.55. The molecular formula is C14H13ClN2O3. The zero-order valence-corrected chi connectivity index (χ0v) is 11.5. The van der Waals surface area contributed by atoms with E-state index in [-0.39, 0.29) is 5.56 Å². The Bertz CT molecular complexity index is 632. The van der Waals surface area contributed by atoms with Crippen molar-refractivity contribution >= 4 is 23.4 Å². The van der Waals surface area contributed by atoms with Crippen molar-refractivity contribution < 1.29 is 14.6 Å². The van der Waals surface area contributed by atoms with Crippen molar-refractivity contribution in [2.24, 2.45) is 0 Å². The van der Waals surface area contributed by atoms with Gasteiger partial charge < -0.3 is 15.2 Å². The number of aromatic nitrogens is 1. The molecule has 0 amide bonds. The summed E-state index contributed by atoms with van der Waals surface area (Å²) in [5, 5.41) is 12.6. The quantitative estimate of drug-likeness (QED) is 0.886. The fourth-order valence-corrected chi connectivity index (χ4v) is 2.03. The maximum absolute atomic E-state index is 11.1. The molecule has 1 aromatic heterocycles. The van der Waals surface area contributed by atoms with Gasteiger partial charge in [0.2, 0.25) is 0 Å². The molecule has 0 saturated carbocycles. The van der Waals surface area contributed by atoms with E-state index in [0.717, 1.165) is 5.56 Å². The maximum atomic E-state index is 11.1. The van der Waals surface area contributed by atoms with Gasteiger partial charge in [0.1, 0.15) is 17.1 Å². The van der Waals surface area contributed by atoms with Gasteiger partial charge in [0.25, 0.3) is 0 Å². The molecule has 0 spiro atoms. The zero-order chi connectivity index (χ0) is 14.5. The van der Waals surface area contributed by atoms with Gasteiger partial charge in [-0.05, 0) is 24.3 Å². The summed E-state index contributed by atoms with van der Waals surface area (Å²) in [6.07, 6.45) is 1.53. The highest BCUT2D eigenvalue weighted by molar-refractivity contribution is 6.31. The molecule has 2 rings (SSSR count). The Balaban J connectivity index is 2.24. The predicted octanol–water partition coefficient (Wildman–Crippen LogP) is 3.05. The molecule has 0 unspecified atom stereocenters. The zero-order valence-electron chi connectivity index (χ0n) is 10.8. The monoisotopic (exact) mass is 292 g/mol. The molecule has 104 valence electrons. The van der Waals surface area contributed by atoms with Gasteiger partial charge in [0.05, 0.1) is 7.11 Å². The van der Waals surface area contributed by atoms with Crippen molar-refractivity contribution in [1.82, 2.24) is 4.98 Å². The molecule has 2 aromatic rings. The lowest BCUT2D eigenvalue weighted by Gasteiger charge is -2.12. The Morgan fingerprint density at radius 1 is 1.40 bits per heavy atom. The lowest BCUT2D eigenvalue weighted by Crippen LogP contribution is -2.09. The number of pyridine rings is 1. The number of rotatable bonds is 5. The van der Waals surface area contributed by atoms with E-state index in [4.69, 9.17) is 21.4 Å². The first-order valence-electron chi connectivity index (χ1n) is 5.87. The van der Waals surface area contributed by atoms with Gasteiger partial charge in [-0.2, -0.15) is 0 Å². The molecule has 1 heterocycles. The molecule has 0 fully saturated rings. The largest absolute Gasteiger partial charge is 0.496 e. The van der Waals surface area contributed by atoms with Gasteiger partial charge in [-0.25, -0.2) is 9.78 Å². The van der Waals surface area contributed by atoms with Gasteiger partial charge in [-0.3, -0.25) is 0 Å². The van der Waals surface area contributed by atoms with Crippen molar-refractivity contribution in [2.45, 2.75) is 6.54 Å². The van der Waals surface area contributed by atoms with Crippen LogP contribution in [0.1, 0.15) is 15.9 Å². The van der Waals surface area contributed by atoms with Crippen molar-refractivity contribution in [3.8, 4) is 5.75 Å². The molecule has 0 saturated heterocycles. The predicted molar refractivity (Wildman–Crippen MR) is 76.5 cm³/mol. The van der Waals surface area contributed by atoms with E-state index in [1.54, 1.807) is 31.4 Å². The highest BCUT2D eigenvalue weighted by atomic mass is 35.5. The minimum absolute atomic E-state index is 0.110. The van der Waals surface area contributed by atoms with Gasteiger partial charge in [-0.1, -0.05) is 17.7 Å². The Morgan fingerprint density at radius 3 is 2.90 bits per heavy atom. The number of carboxylic acid groups (broad SMARTS) is 1. The van der Waals surface area contributed by atoms with E-state index >= 15 is 0 Å². The number of hydrogen-bond donors (Lipinski definition) is 2. The van der Waals surface area contributed by atoms with Crippen molar-refractivity contribution in [1.29, 1.82) is 0 Å². The summed E-state index contributed by atoms with van der Waals surface area (Å²) in [6.45, 7) is 0.320. The van der Waals surface area contributed by atoms with Crippen LogP contribution in [0.25, 0.3) is 0 Å². The van der Waals surface area contributed by atoms with E-state index in [0.29, 0.717) is 23.1 Å². The molecule has 20 heavy (non-hydrogen) atoms. The highest BCUT2D eigenvalue weighted by Gasteiger charge is 2.12. The van der Waals surface area contributed by atoms with Crippen LogP contribution in [0.5, 0.6) is 5.75 Å². The number of ether oxygens (including phenoxy) is 1. The van der Waals surface area contributed by atoms with E-state index in [2.05, 4.69) is 10.3 Å². The second-order valence-corrected chi connectivity index (χ2v) is 4.39. The number of hydrogen-bond acceptors (Lipinski definition) is 4. The van der Waals surface area contributed by atoms with Crippen molar-refractivity contribution in [3.63, 3.8) is 0 Å². The molecule has 0 radical (unpaired) electrons. The van der Waals surface area contributed by atoms with Crippen molar-refractivity contribution in [2.75, 3.05) is 12.4 Å². The number of aromatic carboxylic acids is 1. The number of methoxy groups -OCH3 is 1. The first-order valence-corrected chi connectivity index (χ1v) is 6.25. The van der Waals surface area contributed by atoms with Crippen LogP contribution < -0.4 is 10.1 Å². The fourth-order valence-electron chi connectivity index (χ4n) is 1.79. The molecule has 0 aliphatic rings. The minimum Gasteiger partial charge on any atom is -0.496 e. The summed E-state index contributed by atoms with van der Waals surface area (Å²) in [4.78, 5) is 15.1. The number of carbonyl (C=O) groups is 1. The van der Waals surface area contributed by atoms with Crippen molar-refractivity contribution in [3.05, 3.63) is 52.7 Å². The van der Waals surface area contributed by atoms with Crippen LogP contribution >= 0.6 is 11.6 Å². The number of carboxylic acids is 1. The summed E-state index contributed by atoms with van der Waals surface area (Å²) in [5.41, 5.74) is 0.858. The Labute approximate surface area is 121 Å². The van der Waals surface area contributed by atoms with E-state index < -0.39 is 5.97 Å². The Morgan fingerprint density at radius 2 is 2.20 bits per heavy atom. The van der Waals surface area contributed by atoms with E-state index in [1.165, 1.54) is 12.3 Å². The second-order valence-electron chi connectivity index (χ2n) is 3.98. The molecule has 5 nitrogen and oxygen atoms in total. The van der Waals surface area contributed by atoms with Gasteiger partial charge in [-0.15, -0.1) is 0 Å². The van der Waals surface area contributed by atoms with Crippen LogP contribution in [-0.2, 0) is 6.54 Å². The lowest BCUT2D eigenvalue weighted by atomic mass is 10.2. The summed E-state index contributed by atoms with van der Waals surface area (Å²) < 4.78 is 5.23. The molecule has 6 heteroatoms. The second kappa shape index (κ2) is 6.25. The third kappa shape index (κ3) is 3.00. The minimum atomic E-state index is -1.04. The van der Waals surface area contributed by atoms with Gasteiger partial charge in [0.15, 0.2) is 0 Å². The first-order chi connectivity index (χ1) is 9.63. The van der Waals surface area contributed by atoms with E-state index in [1.807, 2.05) is 0 Å². The number of anilines is 1. The molecule has 0 bridgehead atoms. The van der Waals surface area contributed by atoms with Gasteiger partial charge in [0, 0.05) is 23.3 Å². The van der Waals surface area contributed by atoms with Crippen LogP contribution in [0.3, 0.4) is 0 Å². The number of nitrogens with zero attached hydrogens (tertiary/aromatic N) is 1. The smallest absolute Gasteiger partial charge is 0.339 e. The average Bonchev–Trinajstić information content (AvgIpc) is 2.46. The van der Waals surface area contributed by atoms with Crippen LogP contribution in [0.15, 0.2) is 36.5 Å². The Hall–Kier alpha value is -2.27.